The summed E-state index contributed by atoms with van der Waals surface area (Å²) in [6.07, 6.45) is 3.85. The number of halogens is 2. The average Bonchev–Trinajstić information content (AvgIpc) is 2.36. The summed E-state index contributed by atoms with van der Waals surface area (Å²) in [5.41, 5.74) is -0.391. The summed E-state index contributed by atoms with van der Waals surface area (Å²) in [7, 11) is 1.06. The number of hydrogen-bond donors (Lipinski definition) is 0. The highest BCUT2D eigenvalue weighted by molar-refractivity contribution is 8.13. The predicted octanol–water partition coefficient (Wildman–Crippen LogP) is 3.43. The molecule has 3 nitrogen and oxygen atoms in total. The third-order valence-electron chi connectivity index (χ3n) is 2.35. The maximum absolute atomic E-state index is 13.6. The van der Waals surface area contributed by atoms with Crippen LogP contribution in [-0.4, -0.2) is 23.9 Å². The summed E-state index contributed by atoms with van der Waals surface area (Å²) in [6, 6.07) is 2.12. The number of ether oxygens (including phenoxy) is 1. The van der Waals surface area contributed by atoms with E-state index in [0.29, 0.717) is 17.7 Å². The quantitative estimate of drug-likeness (QED) is 0.617. The largest absolute Gasteiger partial charge is 0.465 e. The van der Waals surface area contributed by atoms with E-state index in [4.69, 9.17) is 0 Å². The Morgan fingerprint density at radius 3 is 2.40 bits per heavy atom. The number of esters is 1. The first-order valence-electron chi connectivity index (χ1n) is 5.83. The summed E-state index contributed by atoms with van der Waals surface area (Å²) >= 11 is 1.18. The van der Waals surface area contributed by atoms with Gasteiger partial charge in [0.1, 0.15) is 17.2 Å². The molecule has 0 N–H and O–H groups in total. The van der Waals surface area contributed by atoms with Crippen LogP contribution in [0.3, 0.4) is 0 Å². The molecule has 20 heavy (non-hydrogen) atoms. The average molecular weight is 300 g/mol. The lowest BCUT2D eigenvalue weighted by Gasteiger charge is -2.04. The van der Waals surface area contributed by atoms with Crippen molar-refractivity contribution in [2.75, 3.05) is 12.9 Å². The van der Waals surface area contributed by atoms with Gasteiger partial charge < -0.3 is 4.74 Å². The van der Waals surface area contributed by atoms with Crippen LogP contribution in [-0.2, 0) is 9.53 Å². The van der Waals surface area contributed by atoms with Crippen LogP contribution < -0.4 is 0 Å². The number of methoxy groups -OCH3 is 1. The Morgan fingerprint density at radius 2 is 1.90 bits per heavy atom. The molecule has 0 aliphatic carbocycles. The van der Waals surface area contributed by atoms with Crippen molar-refractivity contribution in [2.24, 2.45) is 0 Å². The van der Waals surface area contributed by atoms with Crippen molar-refractivity contribution >= 4 is 28.9 Å². The fourth-order valence-electron chi connectivity index (χ4n) is 1.48. The molecule has 0 fully saturated rings. The van der Waals surface area contributed by atoms with Crippen molar-refractivity contribution in [1.29, 1.82) is 0 Å². The van der Waals surface area contributed by atoms with Crippen LogP contribution in [0.2, 0.25) is 0 Å². The molecule has 108 valence electrons. The first-order chi connectivity index (χ1) is 9.45. The monoisotopic (exact) mass is 300 g/mol. The molecule has 0 bridgehead atoms. The molecule has 0 unspecified atom stereocenters. The molecule has 0 spiro atoms. The van der Waals surface area contributed by atoms with Gasteiger partial charge in [-0.05, 0) is 24.1 Å². The number of carbonyl (C=O) groups is 2. The molecule has 0 atom stereocenters. The summed E-state index contributed by atoms with van der Waals surface area (Å²) in [4.78, 5) is 21.9. The van der Waals surface area contributed by atoms with E-state index in [9.17, 15) is 18.4 Å². The van der Waals surface area contributed by atoms with Gasteiger partial charge in [-0.3, -0.25) is 4.79 Å². The van der Waals surface area contributed by atoms with Crippen LogP contribution in [0.15, 0.2) is 18.2 Å². The molecule has 1 aromatic carbocycles. The van der Waals surface area contributed by atoms with Crippen LogP contribution in [0, 0.1) is 11.6 Å². The van der Waals surface area contributed by atoms with Crippen LogP contribution in [0.5, 0.6) is 0 Å². The molecule has 0 amide bonds. The van der Waals surface area contributed by atoms with Crippen LogP contribution in [0.4, 0.5) is 8.78 Å². The minimum absolute atomic E-state index is 0.0259. The number of allylic oxidation sites excluding steroid dienone is 1. The van der Waals surface area contributed by atoms with E-state index in [2.05, 4.69) is 4.74 Å². The summed E-state index contributed by atoms with van der Waals surface area (Å²) < 4.78 is 31.5. The highest BCUT2D eigenvalue weighted by Crippen LogP contribution is 2.18. The van der Waals surface area contributed by atoms with Crippen molar-refractivity contribution in [3.63, 3.8) is 0 Å². The molecule has 0 aliphatic heterocycles. The number of carbonyl (C=O) groups excluding carboxylic acids is 2. The molecule has 0 aliphatic rings. The summed E-state index contributed by atoms with van der Waals surface area (Å²) in [5, 5.41) is 0.0259. The highest BCUT2D eigenvalue weighted by atomic mass is 32.2. The lowest BCUT2D eigenvalue weighted by molar-refractivity contribution is -0.109. The number of hydrogen-bond acceptors (Lipinski definition) is 4. The molecule has 0 heterocycles. The number of rotatable bonds is 5. The maximum atomic E-state index is 13.6. The molecule has 1 rings (SSSR count). The minimum Gasteiger partial charge on any atom is -0.465 e. The SMILES string of the molecule is COC(=O)c1c(F)cc(C=CCCSC(C)=O)cc1F. The first-order valence-corrected chi connectivity index (χ1v) is 6.81. The second-order valence-electron chi connectivity index (χ2n) is 3.88. The molecule has 0 aromatic heterocycles. The highest BCUT2D eigenvalue weighted by Gasteiger charge is 2.18. The Labute approximate surface area is 120 Å². The fraction of sp³-hybridized carbons (Fsp3) is 0.286. The molecule has 0 radical (unpaired) electrons. The molecule has 1 aromatic rings. The Balaban J connectivity index is 2.76. The Hall–Kier alpha value is -1.69. The van der Waals surface area contributed by atoms with E-state index in [-0.39, 0.29) is 5.12 Å². The van der Waals surface area contributed by atoms with E-state index < -0.39 is 23.2 Å². The standard InChI is InChI=1S/C14H14F2O3S/c1-9(17)20-6-4-3-5-10-7-11(15)13(12(16)8-10)14(18)19-2/h3,5,7-8H,4,6H2,1-2H3. The number of benzene rings is 1. The maximum Gasteiger partial charge on any atom is 0.343 e. The van der Waals surface area contributed by atoms with Gasteiger partial charge in [-0.2, -0.15) is 0 Å². The zero-order valence-electron chi connectivity index (χ0n) is 11.1. The van der Waals surface area contributed by atoms with Gasteiger partial charge in [0, 0.05) is 12.7 Å². The molecule has 6 heteroatoms. The van der Waals surface area contributed by atoms with Gasteiger partial charge in [-0.25, -0.2) is 13.6 Å². The minimum atomic E-state index is -1.05. The van der Waals surface area contributed by atoms with E-state index in [0.717, 1.165) is 19.2 Å². The van der Waals surface area contributed by atoms with Crippen LogP contribution >= 0.6 is 11.8 Å². The Morgan fingerprint density at radius 1 is 1.30 bits per heavy atom. The predicted molar refractivity (Wildman–Crippen MR) is 74.5 cm³/mol. The zero-order valence-corrected chi connectivity index (χ0v) is 11.9. The third-order valence-corrected chi connectivity index (χ3v) is 3.20. The molecule has 0 saturated heterocycles. The van der Waals surface area contributed by atoms with Crippen LogP contribution in [0.1, 0.15) is 29.3 Å². The van der Waals surface area contributed by atoms with Gasteiger partial charge in [-0.15, -0.1) is 0 Å². The van der Waals surface area contributed by atoms with Crippen molar-refractivity contribution in [3.8, 4) is 0 Å². The van der Waals surface area contributed by atoms with E-state index in [1.165, 1.54) is 24.8 Å². The summed E-state index contributed by atoms with van der Waals surface area (Å²) in [5.74, 6) is -2.37. The second-order valence-corrected chi connectivity index (χ2v) is 5.15. The molecule has 0 saturated carbocycles. The van der Waals surface area contributed by atoms with Gasteiger partial charge >= 0.3 is 5.97 Å². The third kappa shape index (κ3) is 4.77. The Kier molecular flexibility index (Phi) is 6.38. The zero-order chi connectivity index (χ0) is 15.1. The Bertz CT molecular complexity index is 518. The van der Waals surface area contributed by atoms with Gasteiger partial charge in [0.2, 0.25) is 0 Å². The lowest BCUT2D eigenvalue weighted by Crippen LogP contribution is -2.08. The molecular formula is C14H14F2O3S. The summed E-state index contributed by atoms with van der Waals surface area (Å²) in [6.45, 7) is 1.48. The van der Waals surface area contributed by atoms with Crippen molar-refractivity contribution in [1.82, 2.24) is 0 Å². The first kappa shape index (κ1) is 16.4. The smallest absolute Gasteiger partial charge is 0.343 e. The van der Waals surface area contributed by atoms with Crippen molar-refractivity contribution in [3.05, 3.63) is 41.0 Å². The second kappa shape index (κ2) is 7.79. The van der Waals surface area contributed by atoms with E-state index in [1.54, 1.807) is 6.08 Å². The van der Waals surface area contributed by atoms with Crippen LogP contribution in [0.25, 0.3) is 6.08 Å². The van der Waals surface area contributed by atoms with Gasteiger partial charge in [0.25, 0.3) is 0 Å². The van der Waals surface area contributed by atoms with Gasteiger partial charge in [-0.1, -0.05) is 23.9 Å². The van der Waals surface area contributed by atoms with Crippen molar-refractivity contribution < 1.29 is 23.1 Å². The number of thioether (sulfide) groups is 1. The normalized spacial score (nSPS) is 10.8. The van der Waals surface area contributed by atoms with Crippen molar-refractivity contribution in [2.45, 2.75) is 13.3 Å². The molecular weight excluding hydrogens is 286 g/mol. The fourth-order valence-corrected chi connectivity index (χ4v) is 2.02. The lowest BCUT2D eigenvalue weighted by atomic mass is 10.1. The van der Waals surface area contributed by atoms with Gasteiger partial charge in [0.15, 0.2) is 5.12 Å². The topological polar surface area (TPSA) is 43.4 Å². The van der Waals surface area contributed by atoms with Gasteiger partial charge in [0.05, 0.1) is 7.11 Å². The van der Waals surface area contributed by atoms with E-state index >= 15 is 0 Å². The van der Waals surface area contributed by atoms with E-state index in [1.807, 2.05) is 0 Å².